The standard InChI is InChI=1S/C16H25N5O8S/c17-7(4-12(23)24)13(25)20-9(6-30)15(27)21-3-1-2-10(21)14(26)19-8(16(28)29)5-11(18)22/h7-10,30H,1-6,17H2,(H2,18,22)(H,19,26)(H,20,25)(H,23,24)(H,28,29). The maximum Gasteiger partial charge on any atom is 0.326 e. The van der Waals surface area contributed by atoms with E-state index < -0.39 is 72.6 Å². The molecule has 13 nitrogen and oxygen atoms in total. The van der Waals surface area contributed by atoms with Crippen LogP contribution in [0.3, 0.4) is 0 Å². The Morgan fingerprint density at radius 1 is 1.07 bits per heavy atom. The van der Waals surface area contributed by atoms with Gasteiger partial charge in [0, 0.05) is 12.3 Å². The average molecular weight is 447 g/mol. The molecule has 8 N–H and O–H groups in total. The van der Waals surface area contributed by atoms with E-state index in [0.717, 1.165) is 0 Å². The fourth-order valence-corrected chi connectivity index (χ4v) is 3.16. The molecule has 0 aromatic carbocycles. The van der Waals surface area contributed by atoms with Gasteiger partial charge < -0.3 is 37.2 Å². The highest BCUT2D eigenvalue weighted by Crippen LogP contribution is 2.19. The van der Waals surface area contributed by atoms with E-state index in [1.54, 1.807) is 0 Å². The lowest BCUT2D eigenvalue weighted by molar-refractivity contribution is -0.145. The molecule has 0 bridgehead atoms. The van der Waals surface area contributed by atoms with E-state index in [1.807, 2.05) is 0 Å². The number of nitrogens with zero attached hydrogens (tertiary/aromatic N) is 1. The van der Waals surface area contributed by atoms with Crippen LogP contribution in [-0.2, 0) is 28.8 Å². The molecule has 0 spiro atoms. The zero-order valence-corrected chi connectivity index (χ0v) is 16.8. The second-order valence-electron chi connectivity index (χ2n) is 6.71. The van der Waals surface area contributed by atoms with Crippen LogP contribution in [0.4, 0.5) is 0 Å². The first-order valence-electron chi connectivity index (χ1n) is 8.98. The molecule has 0 radical (unpaired) electrons. The molecule has 1 fully saturated rings. The highest BCUT2D eigenvalue weighted by molar-refractivity contribution is 7.80. The van der Waals surface area contributed by atoms with Gasteiger partial charge >= 0.3 is 11.9 Å². The largest absolute Gasteiger partial charge is 0.481 e. The van der Waals surface area contributed by atoms with Crippen LogP contribution in [0.2, 0.25) is 0 Å². The molecule has 4 amide bonds. The molecule has 4 unspecified atom stereocenters. The number of thiol groups is 1. The smallest absolute Gasteiger partial charge is 0.326 e. The molecule has 14 heteroatoms. The summed E-state index contributed by atoms with van der Waals surface area (Å²) in [7, 11) is 0. The molecular formula is C16H25N5O8S. The van der Waals surface area contributed by atoms with Crippen molar-refractivity contribution in [2.24, 2.45) is 11.5 Å². The molecule has 4 atom stereocenters. The van der Waals surface area contributed by atoms with Crippen molar-refractivity contribution in [3.05, 3.63) is 0 Å². The first-order chi connectivity index (χ1) is 14.0. The Morgan fingerprint density at radius 3 is 2.20 bits per heavy atom. The average Bonchev–Trinajstić information content (AvgIpc) is 3.13. The first kappa shape index (κ1) is 25.2. The number of carboxylic acid groups (broad SMARTS) is 2. The van der Waals surface area contributed by atoms with E-state index in [2.05, 4.69) is 23.3 Å². The molecular weight excluding hydrogens is 422 g/mol. The Hall–Kier alpha value is -2.87. The number of hydrogen-bond acceptors (Lipinski definition) is 8. The summed E-state index contributed by atoms with van der Waals surface area (Å²) < 4.78 is 0. The van der Waals surface area contributed by atoms with Gasteiger partial charge in [-0.2, -0.15) is 12.6 Å². The summed E-state index contributed by atoms with van der Waals surface area (Å²) in [5, 5.41) is 22.3. The number of primary amides is 1. The van der Waals surface area contributed by atoms with Crippen LogP contribution < -0.4 is 22.1 Å². The molecule has 0 saturated carbocycles. The number of hydrogen-bond donors (Lipinski definition) is 7. The summed E-state index contributed by atoms with van der Waals surface area (Å²) in [6, 6.07) is -5.10. The molecule has 1 aliphatic rings. The first-order valence-corrected chi connectivity index (χ1v) is 9.61. The molecule has 1 heterocycles. The highest BCUT2D eigenvalue weighted by Gasteiger charge is 2.39. The molecule has 30 heavy (non-hydrogen) atoms. The Balaban J connectivity index is 2.84. The number of nitrogens with two attached hydrogens (primary N) is 2. The Kier molecular flexibility index (Phi) is 9.52. The summed E-state index contributed by atoms with van der Waals surface area (Å²) in [6.07, 6.45) is -0.557. The van der Waals surface area contributed by atoms with Crippen LogP contribution in [0.1, 0.15) is 25.7 Å². The van der Waals surface area contributed by atoms with Crippen molar-refractivity contribution < 1.29 is 39.0 Å². The Morgan fingerprint density at radius 2 is 1.70 bits per heavy atom. The zero-order chi connectivity index (χ0) is 23.0. The van der Waals surface area contributed by atoms with Crippen molar-refractivity contribution in [1.82, 2.24) is 15.5 Å². The fraction of sp³-hybridized carbons (Fsp3) is 0.625. The van der Waals surface area contributed by atoms with E-state index in [-0.39, 0.29) is 18.7 Å². The van der Waals surface area contributed by atoms with Crippen molar-refractivity contribution in [2.45, 2.75) is 49.9 Å². The second kappa shape index (κ2) is 11.3. The van der Waals surface area contributed by atoms with Crippen LogP contribution in [0, 0.1) is 0 Å². The number of nitrogens with one attached hydrogen (secondary N) is 2. The summed E-state index contributed by atoms with van der Waals surface area (Å²) in [6.45, 7) is 0.172. The third kappa shape index (κ3) is 7.18. The van der Waals surface area contributed by atoms with Crippen LogP contribution in [-0.4, -0.2) is 87.1 Å². The number of amides is 4. The van der Waals surface area contributed by atoms with E-state index in [9.17, 15) is 28.8 Å². The van der Waals surface area contributed by atoms with Gasteiger partial charge in [-0.3, -0.25) is 24.0 Å². The molecule has 0 aromatic heterocycles. The van der Waals surface area contributed by atoms with Crippen LogP contribution >= 0.6 is 12.6 Å². The SMILES string of the molecule is NC(=O)CC(NC(=O)C1CCCN1C(=O)C(CS)NC(=O)C(N)CC(=O)O)C(=O)O. The van der Waals surface area contributed by atoms with Gasteiger partial charge in [0.1, 0.15) is 18.1 Å². The monoisotopic (exact) mass is 447 g/mol. The van der Waals surface area contributed by atoms with Gasteiger partial charge in [-0.15, -0.1) is 0 Å². The van der Waals surface area contributed by atoms with Gasteiger partial charge in [-0.05, 0) is 12.8 Å². The predicted octanol–water partition coefficient (Wildman–Crippen LogP) is -3.36. The molecule has 1 rings (SSSR count). The third-order valence-corrected chi connectivity index (χ3v) is 4.75. The summed E-state index contributed by atoms with van der Waals surface area (Å²) in [4.78, 5) is 71.4. The van der Waals surface area contributed by atoms with E-state index >= 15 is 0 Å². The van der Waals surface area contributed by atoms with Crippen molar-refractivity contribution in [1.29, 1.82) is 0 Å². The highest BCUT2D eigenvalue weighted by atomic mass is 32.1. The number of rotatable bonds is 11. The topological polar surface area (TPSA) is 222 Å². The fourth-order valence-electron chi connectivity index (χ4n) is 2.92. The van der Waals surface area contributed by atoms with Gasteiger partial charge in [0.05, 0.1) is 18.9 Å². The maximum atomic E-state index is 12.8. The number of likely N-dealkylation sites (tertiary alicyclic amines) is 1. The minimum absolute atomic E-state index is 0.144. The molecule has 0 aliphatic carbocycles. The Bertz CT molecular complexity index is 718. The normalized spacial score (nSPS) is 18.7. The minimum Gasteiger partial charge on any atom is -0.481 e. The van der Waals surface area contributed by atoms with Crippen LogP contribution in [0.25, 0.3) is 0 Å². The molecule has 0 aromatic rings. The number of carbonyl (C=O) groups excluding carboxylic acids is 4. The van der Waals surface area contributed by atoms with Gasteiger partial charge in [-0.1, -0.05) is 0 Å². The number of carbonyl (C=O) groups is 6. The molecule has 1 aliphatic heterocycles. The second-order valence-corrected chi connectivity index (χ2v) is 7.07. The van der Waals surface area contributed by atoms with E-state index in [4.69, 9.17) is 21.7 Å². The summed E-state index contributed by atoms with van der Waals surface area (Å²) in [5.41, 5.74) is 10.5. The van der Waals surface area contributed by atoms with Crippen LogP contribution in [0.5, 0.6) is 0 Å². The number of carboxylic acids is 2. The maximum absolute atomic E-state index is 12.8. The number of aliphatic carboxylic acids is 2. The van der Waals surface area contributed by atoms with Crippen molar-refractivity contribution in [3.63, 3.8) is 0 Å². The van der Waals surface area contributed by atoms with Crippen molar-refractivity contribution in [3.8, 4) is 0 Å². The van der Waals surface area contributed by atoms with Crippen molar-refractivity contribution >= 4 is 48.2 Å². The lowest BCUT2D eigenvalue weighted by Crippen LogP contribution is -2.57. The Labute approximate surface area is 176 Å². The lowest BCUT2D eigenvalue weighted by atomic mass is 10.1. The van der Waals surface area contributed by atoms with Gasteiger partial charge in [0.25, 0.3) is 0 Å². The van der Waals surface area contributed by atoms with Crippen LogP contribution in [0.15, 0.2) is 0 Å². The van der Waals surface area contributed by atoms with Gasteiger partial charge in [-0.25, -0.2) is 4.79 Å². The minimum atomic E-state index is -1.54. The van der Waals surface area contributed by atoms with E-state index in [1.165, 1.54) is 4.90 Å². The summed E-state index contributed by atoms with van der Waals surface area (Å²) >= 11 is 4.01. The quantitative estimate of drug-likeness (QED) is 0.157. The predicted molar refractivity (Wildman–Crippen MR) is 104 cm³/mol. The van der Waals surface area contributed by atoms with Crippen molar-refractivity contribution in [2.75, 3.05) is 12.3 Å². The van der Waals surface area contributed by atoms with E-state index in [0.29, 0.717) is 6.42 Å². The lowest BCUT2D eigenvalue weighted by Gasteiger charge is -2.29. The molecule has 1 saturated heterocycles. The molecule has 168 valence electrons. The summed E-state index contributed by atoms with van der Waals surface area (Å²) in [5.74, 6) is -6.09. The van der Waals surface area contributed by atoms with Gasteiger partial charge in [0.2, 0.25) is 23.6 Å². The van der Waals surface area contributed by atoms with Gasteiger partial charge in [0.15, 0.2) is 0 Å². The zero-order valence-electron chi connectivity index (χ0n) is 15.9. The third-order valence-electron chi connectivity index (χ3n) is 4.39.